The predicted molar refractivity (Wildman–Crippen MR) is 40.8 cm³/mol. The van der Waals surface area contributed by atoms with Crippen molar-refractivity contribution >= 4 is 5.78 Å². The van der Waals surface area contributed by atoms with E-state index in [0.29, 0.717) is 5.92 Å². The molecule has 0 aromatic carbocycles. The van der Waals surface area contributed by atoms with Crippen LogP contribution in [0.2, 0.25) is 0 Å². The Labute approximate surface area is 65.5 Å². The lowest BCUT2D eigenvalue weighted by Crippen LogP contribution is -2.17. The fourth-order valence-electron chi connectivity index (χ4n) is 1.69. The van der Waals surface area contributed by atoms with E-state index in [2.05, 4.69) is 6.08 Å². The van der Waals surface area contributed by atoms with Gasteiger partial charge < -0.3 is 4.74 Å². The minimum Gasteiger partial charge on any atom is -0.500 e. The van der Waals surface area contributed by atoms with Gasteiger partial charge in [-0.3, -0.25) is 4.79 Å². The number of ether oxygens (including phenoxy) is 1. The van der Waals surface area contributed by atoms with Gasteiger partial charge in [-0.1, -0.05) is 12.2 Å². The van der Waals surface area contributed by atoms with E-state index in [9.17, 15) is 4.79 Å². The summed E-state index contributed by atoms with van der Waals surface area (Å²) in [4.78, 5) is 11.2. The molecule has 0 radical (unpaired) electrons. The van der Waals surface area contributed by atoms with Crippen LogP contribution in [0.5, 0.6) is 0 Å². The van der Waals surface area contributed by atoms with Gasteiger partial charge in [0, 0.05) is 17.9 Å². The van der Waals surface area contributed by atoms with Crippen LogP contribution in [-0.4, -0.2) is 12.9 Å². The maximum Gasteiger partial charge on any atom is 0.165 e. The lowest BCUT2D eigenvalue weighted by atomic mass is 9.91. The van der Waals surface area contributed by atoms with Crippen LogP contribution in [0.25, 0.3) is 0 Å². The van der Waals surface area contributed by atoms with Gasteiger partial charge in [-0.05, 0) is 6.42 Å². The third kappa shape index (κ3) is 0.897. The van der Waals surface area contributed by atoms with Crippen molar-refractivity contribution in [1.29, 1.82) is 0 Å². The van der Waals surface area contributed by atoms with Gasteiger partial charge in [-0.15, -0.1) is 0 Å². The van der Waals surface area contributed by atoms with Crippen LogP contribution in [0.3, 0.4) is 0 Å². The summed E-state index contributed by atoms with van der Waals surface area (Å²) in [5.41, 5.74) is 0. The zero-order chi connectivity index (χ0) is 7.84. The Bertz CT molecular complexity index is 250. The van der Waals surface area contributed by atoms with E-state index >= 15 is 0 Å². The maximum atomic E-state index is 11.2. The number of carbonyl (C=O) groups is 1. The maximum absolute atomic E-state index is 11.2. The van der Waals surface area contributed by atoms with Gasteiger partial charge in [0.25, 0.3) is 0 Å². The average Bonchev–Trinajstić information content (AvgIpc) is 2.43. The minimum atomic E-state index is 0.138. The lowest BCUT2D eigenvalue weighted by Gasteiger charge is -2.18. The van der Waals surface area contributed by atoms with Gasteiger partial charge in [0.05, 0.1) is 7.11 Å². The van der Waals surface area contributed by atoms with Crippen molar-refractivity contribution in [2.24, 2.45) is 11.8 Å². The number of fused-ring (bicyclic) bond motifs is 2. The largest absolute Gasteiger partial charge is 0.500 e. The van der Waals surface area contributed by atoms with Gasteiger partial charge in [-0.25, -0.2) is 0 Å². The molecular formula is C9H10O2. The van der Waals surface area contributed by atoms with E-state index in [0.717, 1.165) is 12.2 Å². The van der Waals surface area contributed by atoms with Crippen molar-refractivity contribution in [1.82, 2.24) is 0 Å². The van der Waals surface area contributed by atoms with Crippen LogP contribution in [0.15, 0.2) is 24.0 Å². The molecule has 0 aliphatic heterocycles. The van der Waals surface area contributed by atoms with Crippen molar-refractivity contribution in [3.63, 3.8) is 0 Å². The SMILES string of the molecule is COC1=CC(=O)C2C=CC1C2. The number of hydrogen-bond donors (Lipinski definition) is 0. The second-order valence-electron chi connectivity index (χ2n) is 2.99. The van der Waals surface area contributed by atoms with Crippen molar-refractivity contribution in [3.8, 4) is 0 Å². The molecule has 2 nitrogen and oxygen atoms in total. The quantitative estimate of drug-likeness (QED) is 0.526. The van der Waals surface area contributed by atoms with Crippen LogP contribution < -0.4 is 0 Å². The molecular weight excluding hydrogens is 140 g/mol. The molecule has 2 rings (SSSR count). The third-order valence-corrected chi connectivity index (χ3v) is 2.33. The molecule has 2 atom stereocenters. The molecule has 0 saturated heterocycles. The standard InChI is InChI=1S/C9H10O2/c1-11-9-5-8(10)6-2-3-7(9)4-6/h2-3,5-7H,4H2,1H3. The molecule has 2 aliphatic rings. The molecule has 0 aromatic heterocycles. The van der Waals surface area contributed by atoms with Gasteiger partial charge in [0.15, 0.2) is 5.78 Å². The molecule has 11 heavy (non-hydrogen) atoms. The van der Waals surface area contributed by atoms with Crippen LogP contribution in [0.1, 0.15) is 6.42 Å². The Kier molecular flexibility index (Phi) is 1.34. The first-order valence-electron chi connectivity index (χ1n) is 3.79. The highest BCUT2D eigenvalue weighted by atomic mass is 16.5. The van der Waals surface area contributed by atoms with Crippen molar-refractivity contribution in [2.45, 2.75) is 6.42 Å². The van der Waals surface area contributed by atoms with E-state index in [4.69, 9.17) is 4.74 Å². The second kappa shape index (κ2) is 2.22. The number of carbonyl (C=O) groups excluding carboxylic acids is 1. The van der Waals surface area contributed by atoms with Crippen molar-refractivity contribution in [3.05, 3.63) is 24.0 Å². The summed E-state index contributed by atoms with van der Waals surface area (Å²) in [5, 5.41) is 0. The number of ketones is 1. The smallest absolute Gasteiger partial charge is 0.165 e. The Morgan fingerprint density at radius 1 is 1.45 bits per heavy atom. The third-order valence-electron chi connectivity index (χ3n) is 2.33. The number of hydrogen-bond acceptors (Lipinski definition) is 2. The van der Waals surface area contributed by atoms with Gasteiger partial charge in [0.2, 0.25) is 0 Å². The molecule has 2 bridgehead atoms. The summed E-state index contributed by atoms with van der Waals surface area (Å²) in [6.45, 7) is 0. The monoisotopic (exact) mass is 150 g/mol. The highest BCUT2D eigenvalue weighted by Crippen LogP contribution is 2.34. The van der Waals surface area contributed by atoms with E-state index in [1.54, 1.807) is 13.2 Å². The highest BCUT2D eigenvalue weighted by Gasteiger charge is 2.31. The molecule has 0 amide bonds. The number of methoxy groups -OCH3 is 1. The molecule has 0 aromatic rings. The first kappa shape index (κ1) is 6.65. The van der Waals surface area contributed by atoms with Crippen molar-refractivity contribution in [2.75, 3.05) is 7.11 Å². The molecule has 2 heteroatoms. The van der Waals surface area contributed by atoms with Crippen LogP contribution in [0, 0.1) is 11.8 Å². The first-order valence-corrected chi connectivity index (χ1v) is 3.79. The topological polar surface area (TPSA) is 26.3 Å². The van der Waals surface area contributed by atoms with Crippen molar-refractivity contribution < 1.29 is 9.53 Å². The van der Waals surface area contributed by atoms with Crippen LogP contribution >= 0.6 is 0 Å². The van der Waals surface area contributed by atoms with E-state index in [1.165, 1.54) is 0 Å². The summed E-state index contributed by atoms with van der Waals surface area (Å²) in [6.07, 6.45) is 6.58. The summed E-state index contributed by atoms with van der Waals surface area (Å²) in [5.74, 6) is 1.51. The van der Waals surface area contributed by atoms with Gasteiger partial charge in [-0.2, -0.15) is 0 Å². The molecule has 0 saturated carbocycles. The first-order chi connectivity index (χ1) is 5.31. The normalized spacial score (nSPS) is 33.9. The Morgan fingerprint density at radius 3 is 2.91 bits per heavy atom. The zero-order valence-electron chi connectivity index (χ0n) is 6.41. The second-order valence-corrected chi connectivity index (χ2v) is 2.99. The van der Waals surface area contributed by atoms with E-state index in [1.807, 2.05) is 6.08 Å². The van der Waals surface area contributed by atoms with Gasteiger partial charge >= 0.3 is 0 Å². The average molecular weight is 150 g/mol. The molecule has 0 spiro atoms. The summed E-state index contributed by atoms with van der Waals surface area (Å²) >= 11 is 0. The van der Waals surface area contributed by atoms with E-state index < -0.39 is 0 Å². The Hall–Kier alpha value is -1.05. The Morgan fingerprint density at radius 2 is 2.18 bits per heavy atom. The fourth-order valence-corrected chi connectivity index (χ4v) is 1.69. The molecule has 0 N–H and O–H groups in total. The van der Waals surface area contributed by atoms with Crippen LogP contribution in [0.4, 0.5) is 0 Å². The summed E-state index contributed by atoms with van der Waals surface area (Å²) in [6, 6.07) is 0. The molecule has 2 unspecified atom stereocenters. The molecule has 0 heterocycles. The molecule has 2 aliphatic carbocycles. The molecule has 58 valence electrons. The predicted octanol–water partition coefficient (Wildman–Crippen LogP) is 1.29. The number of allylic oxidation sites excluding steroid dienone is 3. The highest BCUT2D eigenvalue weighted by molar-refractivity contribution is 5.95. The van der Waals surface area contributed by atoms with Crippen LogP contribution in [-0.2, 0) is 9.53 Å². The summed E-state index contributed by atoms with van der Waals surface area (Å²) in [7, 11) is 1.62. The summed E-state index contributed by atoms with van der Waals surface area (Å²) < 4.78 is 5.08. The van der Waals surface area contributed by atoms with Gasteiger partial charge in [0.1, 0.15) is 5.76 Å². The minimum absolute atomic E-state index is 0.138. The lowest BCUT2D eigenvalue weighted by molar-refractivity contribution is -0.117. The number of rotatable bonds is 1. The fraction of sp³-hybridized carbons (Fsp3) is 0.444. The Balaban J connectivity index is 2.34. The van der Waals surface area contributed by atoms with E-state index in [-0.39, 0.29) is 11.7 Å². The molecule has 0 fully saturated rings. The zero-order valence-corrected chi connectivity index (χ0v) is 6.41.